The summed E-state index contributed by atoms with van der Waals surface area (Å²) >= 11 is 0. The van der Waals surface area contributed by atoms with Gasteiger partial charge in [0.15, 0.2) is 0 Å². The van der Waals surface area contributed by atoms with Gasteiger partial charge >= 0.3 is 0 Å². The molecule has 158 valence electrons. The number of benzene rings is 4. The van der Waals surface area contributed by atoms with E-state index >= 15 is 0 Å². The highest BCUT2D eigenvalue weighted by atomic mass is 14.6. The summed E-state index contributed by atoms with van der Waals surface area (Å²) < 4.78 is 0. The van der Waals surface area contributed by atoms with Gasteiger partial charge in [-0.15, -0.1) is 13.2 Å². The predicted octanol–water partition coefficient (Wildman–Crippen LogP) is 7.31. The first-order valence-electron chi connectivity index (χ1n) is 10.8. The van der Waals surface area contributed by atoms with E-state index in [4.69, 9.17) is 11.5 Å². The van der Waals surface area contributed by atoms with Gasteiger partial charge in [-0.25, -0.2) is 0 Å². The molecule has 4 N–H and O–H groups in total. The summed E-state index contributed by atoms with van der Waals surface area (Å²) in [5.41, 5.74) is 23.3. The zero-order chi connectivity index (χ0) is 22.5. The Kier molecular flexibility index (Phi) is 6.23. The number of anilines is 2. The second-order valence-electron chi connectivity index (χ2n) is 7.87. The lowest BCUT2D eigenvalue weighted by atomic mass is 9.83. The number of nitrogen functional groups attached to an aromatic ring is 2. The molecule has 0 heterocycles. The van der Waals surface area contributed by atoms with E-state index < -0.39 is 0 Å². The normalized spacial score (nSPS) is 10.6. The van der Waals surface area contributed by atoms with E-state index in [-0.39, 0.29) is 0 Å². The van der Waals surface area contributed by atoms with E-state index in [0.717, 1.165) is 57.6 Å². The molecule has 0 bridgehead atoms. The van der Waals surface area contributed by atoms with E-state index in [1.54, 1.807) is 0 Å². The van der Waals surface area contributed by atoms with Crippen molar-refractivity contribution in [1.29, 1.82) is 0 Å². The fraction of sp³-hybridized carbons (Fsp3) is 0.0667. The summed E-state index contributed by atoms with van der Waals surface area (Å²) in [6.45, 7) is 7.92. The Balaban J connectivity index is 2.11. The van der Waals surface area contributed by atoms with Crippen LogP contribution < -0.4 is 11.5 Å². The predicted molar refractivity (Wildman–Crippen MR) is 139 cm³/mol. The van der Waals surface area contributed by atoms with Gasteiger partial charge in [-0.1, -0.05) is 78.9 Å². The maximum Gasteiger partial charge on any atom is 0.0400 e. The van der Waals surface area contributed by atoms with E-state index in [1.165, 1.54) is 11.1 Å². The fourth-order valence-corrected chi connectivity index (χ4v) is 4.29. The molecule has 0 aromatic heterocycles. The lowest BCUT2D eigenvalue weighted by Gasteiger charge is -2.22. The average Bonchev–Trinajstić information content (AvgIpc) is 2.81. The monoisotopic (exact) mass is 416 g/mol. The van der Waals surface area contributed by atoms with Crippen molar-refractivity contribution in [1.82, 2.24) is 0 Å². The summed E-state index contributed by atoms with van der Waals surface area (Å²) in [6, 6.07) is 29.0. The average molecular weight is 417 g/mol. The zero-order valence-electron chi connectivity index (χ0n) is 18.2. The summed E-state index contributed by atoms with van der Waals surface area (Å²) in [5, 5.41) is 0. The molecule has 0 saturated carbocycles. The van der Waals surface area contributed by atoms with Crippen LogP contribution in [0.15, 0.2) is 110 Å². The summed E-state index contributed by atoms with van der Waals surface area (Å²) in [4.78, 5) is 0. The molecule has 0 aliphatic rings. The van der Waals surface area contributed by atoms with Gasteiger partial charge in [-0.3, -0.25) is 0 Å². The Morgan fingerprint density at radius 1 is 0.562 bits per heavy atom. The molecule has 0 spiro atoms. The quantitative estimate of drug-likeness (QED) is 0.245. The Bertz CT molecular complexity index is 1270. The van der Waals surface area contributed by atoms with Crippen molar-refractivity contribution in [2.24, 2.45) is 0 Å². The van der Waals surface area contributed by atoms with Crippen molar-refractivity contribution in [3.8, 4) is 33.4 Å². The smallest absolute Gasteiger partial charge is 0.0400 e. The van der Waals surface area contributed by atoms with Crippen LogP contribution in [0.4, 0.5) is 11.4 Å². The molecule has 2 heteroatoms. The molecular formula is C30H28N2. The van der Waals surface area contributed by atoms with Crippen molar-refractivity contribution in [3.63, 3.8) is 0 Å². The highest BCUT2D eigenvalue weighted by Gasteiger charge is 2.20. The van der Waals surface area contributed by atoms with E-state index in [1.807, 2.05) is 30.4 Å². The fourth-order valence-electron chi connectivity index (χ4n) is 4.29. The van der Waals surface area contributed by atoms with E-state index in [2.05, 4.69) is 79.9 Å². The number of hydrogen-bond donors (Lipinski definition) is 2. The third-order valence-corrected chi connectivity index (χ3v) is 5.76. The summed E-state index contributed by atoms with van der Waals surface area (Å²) in [7, 11) is 0. The van der Waals surface area contributed by atoms with E-state index in [0.29, 0.717) is 0 Å². The third-order valence-electron chi connectivity index (χ3n) is 5.76. The van der Waals surface area contributed by atoms with Gasteiger partial charge < -0.3 is 11.5 Å². The first-order valence-corrected chi connectivity index (χ1v) is 10.8. The second kappa shape index (κ2) is 9.40. The zero-order valence-corrected chi connectivity index (χ0v) is 18.2. The molecule has 4 aromatic carbocycles. The van der Waals surface area contributed by atoms with Crippen LogP contribution in [0.1, 0.15) is 11.1 Å². The number of allylic oxidation sites excluding steroid dienone is 2. The molecular weight excluding hydrogens is 388 g/mol. The molecule has 0 aliphatic carbocycles. The number of hydrogen-bond acceptors (Lipinski definition) is 2. The molecule has 4 aromatic rings. The minimum atomic E-state index is 0.745. The highest BCUT2D eigenvalue weighted by Crippen LogP contribution is 2.45. The molecule has 0 atom stereocenters. The van der Waals surface area contributed by atoms with Gasteiger partial charge in [-0.2, -0.15) is 0 Å². The lowest BCUT2D eigenvalue weighted by molar-refractivity contribution is 1.27. The lowest BCUT2D eigenvalue weighted by Crippen LogP contribution is -2.00. The standard InChI is InChI=1S/C30H28N2/c1-3-9-21-11-5-7-13-25(21)29-27(23-15-17-24(31)18-16-23)19-20-28(32)30(29)26-14-8-6-12-22(26)10-4-2/h3-8,11-20H,1-2,9-10,31-32H2. The molecule has 0 unspecified atom stereocenters. The minimum Gasteiger partial charge on any atom is -0.399 e. The van der Waals surface area contributed by atoms with Crippen LogP contribution in [-0.4, -0.2) is 0 Å². The van der Waals surface area contributed by atoms with E-state index in [9.17, 15) is 0 Å². The maximum absolute atomic E-state index is 6.68. The largest absolute Gasteiger partial charge is 0.399 e. The van der Waals surface area contributed by atoms with Crippen molar-refractivity contribution in [2.45, 2.75) is 12.8 Å². The SMILES string of the molecule is C=CCc1ccccc1-c1c(N)ccc(-c2ccc(N)cc2)c1-c1ccccc1CC=C. The Hall–Kier alpha value is -4.04. The molecule has 0 radical (unpaired) electrons. The second-order valence-corrected chi connectivity index (χ2v) is 7.87. The third kappa shape index (κ3) is 4.08. The molecule has 2 nitrogen and oxygen atoms in total. The molecule has 0 saturated heterocycles. The Labute approximate surface area is 190 Å². The van der Waals surface area contributed by atoms with Gasteiger partial charge in [0.25, 0.3) is 0 Å². The van der Waals surface area contributed by atoms with Gasteiger partial charge in [0.2, 0.25) is 0 Å². The van der Waals surface area contributed by atoms with Gasteiger partial charge in [0.05, 0.1) is 0 Å². The summed E-state index contributed by atoms with van der Waals surface area (Å²) in [5.74, 6) is 0. The minimum absolute atomic E-state index is 0.745. The van der Waals surface area contributed by atoms with Crippen LogP contribution >= 0.6 is 0 Å². The molecule has 0 amide bonds. The number of rotatable bonds is 7. The highest BCUT2D eigenvalue weighted by molar-refractivity contribution is 6.01. The van der Waals surface area contributed by atoms with Crippen LogP contribution in [0.3, 0.4) is 0 Å². The molecule has 4 rings (SSSR count). The number of nitrogens with two attached hydrogens (primary N) is 2. The van der Waals surface area contributed by atoms with Gasteiger partial charge in [0.1, 0.15) is 0 Å². The van der Waals surface area contributed by atoms with Crippen molar-refractivity contribution >= 4 is 11.4 Å². The van der Waals surface area contributed by atoms with Gasteiger partial charge in [0, 0.05) is 16.9 Å². The Morgan fingerprint density at radius 2 is 1.09 bits per heavy atom. The van der Waals surface area contributed by atoms with Crippen molar-refractivity contribution < 1.29 is 0 Å². The Morgan fingerprint density at radius 3 is 1.66 bits per heavy atom. The van der Waals surface area contributed by atoms with Crippen molar-refractivity contribution in [3.05, 3.63) is 121 Å². The van der Waals surface area contributed by atoms with Crippen LogP contribution in [0, 0.1) is 0 Å². The van der Waals surface area contributed by atoms with Crippen molar-refractivity contribution in [2.75, 3.05) is 11.5 Å². The molecule has 32 heavy (non-hydrogen) atoms. The summed E-state index contributed by atoms with van der Waals surface area (Å²) in [6.07, 6.45) is 5.43. The van der Waals surface area contributed by atoms with Crippen LogP contribution in [0.5, 0.6) is 0 Å². The first-order chi connectivity index (χ1) is 15.6. The molecule has 0 fully saturated rings. The van der Waals surface area contributed by atoms with Crippen LogP contribution in [0.2, 0.25) is 0 Å². The topological polar surface area (TPSA) is 52.0 Å². The van der Waals surface area contributed by atoms with Gasteiger partial charge in [-0.05, 0) is 70.0 Å². The van der Waals surface area contributed by atoms with Crippen LogP contribution in [0.25, 0.3) is 33.4 Å². The first kappa shape index (κ1) is 21.2. The molecule has 0 aliphatic heterocycles. The van der Waals surface area contributed by atoms with Crippen LogP contribution in [-0.2, 0) is 12.8 Å². The maximum atomic E-state index is 6.68.